The number of aromatic carboxylic acids is 1. The highest BCUT2D eigenvalue weighted by Crippen LogP contribution is 2.18. The Morgan fingerprint density at radius 2 is 1.95 bits per heavy atom. The fraction of sp³-hybridized carbons (Fsp3) is 0.133. The molecule has 0 saturated carbocycles. The zero-order valence-electron chi connectivity index (χ0n) is 11.4. The Bertz CT molecular complexity index is 797. The average molecular weight is 283 g/mol. The van der Waals surface area contributed by atoms with Gasteiger partial charge in [-0.1, -0.05) is 30.3 Å². The zero-order valence-corrected chi connectivity index (χ0v) is 11.4. The number of imidazole rings is 1. The van der Waals surface area contributed by atoms with E-state index in [0.29, 0.717) is 23.7 Å². The van der Waals surface area contributed by atoms with Crippen molar-refractivity contribution in [1.82, 2.24) is 14.5 Å². The van der Waals surface area contributed by atoms with Crippen molar-refractivity contribution < 1.29 is 14.6 Å². The quantitative estimate of drug-likeness (QED) is 0.794. The van der Waals surface area contributed by atoms with Crippen molar-refractivity contribution in [2.45, 2.75) is 6.61 Å². The van der Waals surface area contributed by atoms with Gasteiger partial charge in [0, 0.05) is 13.1 Å². The smallest absolute Gasteiger partial charge is 0.372 e. The normalized spacial score (nSPS) is 10.7. The topological polar surface area (TPSA) is 77.2 Å². The summed E-state index contributed by atoms with van der Waals surface area (Å²) in [5.41, 5.74) is 2.05. The summed E-state index contributed by atoms with van der Waals surface area (Å²) in [6, 6.07) is 13.1. The largest absolute Gasteiger partial charge is 0.475 e. The number of carboxylic acids is 1. The second kappa shape index (κ2) is 5.24. The van der Waals surface area contributed by atoms with Crippen LogP contribution in [0.5, 0.6) is 5.88 Å². The van der Waals surface area contributed by atoms with Gasteiger partial charge in [-0.05, 0) is 11.6 Å². The molecule has 0 saturated heterocycles. The molecular weight excluding hydrogens is 270 g/mol. The molecule has 2 aromatic heterocycles. The third-order valence-corrected chi connectivity index (χ3v) is 3.11. The lowest BCUT2D eigenvalue weighted by molar-refractivity contribution is 0.0680. The number of ether oxygens (including phenoxy) is 1. The van der Waals surface area contributed by atoms with Gasteiger partial charge in [-0.3, -0.25) is 0 Å². The monoisotopic (exact) mass is 283 g/mol. The Morgan fingerprint density at radius 1 is 1.19 bits per heavy atom. The maximum absolute atomic E-state index is 11.0. The molecule has 0 unspecified atom stereocenters. The number of pyridine rings is 1. The van der Waals surface area contributed by atoms with Crippen molar-refractivity contribution in [3.05, 3.63) is 53.9 Å². The number of carbonyl (C=O) groups is 1. The van der Waals surface area contributed by atoms with Crippen molar-refractivity contribution in [2.24, 2.45) is 7.05 Å². The molecule has 2 heterocycles. The van der Waals surface area contributed by atoms with E-state index in [1.165, 1.54) is 4.57 Å². The fourth-order valence-corrected chi connectivity index (χ4v) is 2.05. The van der Waals surface area contributed by atoms with Crippen LogP contribution in [0.3, 0.4) is 0 Å². The summed E-state index contributed by atoms with van der Waals surface area (Å²) in [6.45, 7) is 0.406. The molecule has 0 spiro atoms. The summed E-state index contributed by atoms with van der Waals surface area (Å²) < 4.78 is 7.06. The highest BCUT2D eigenvalue weighted by Gasteiger charge is 2.15. The van der Waals surface area contributed by atoms with E-state index in [4.69, 9.17) is 9.84 Å². The van der Waals surface area contributed by atoms with E-state index >= 15 is 0 Å². The van der Waals surface area contributed by atoms with Gasteiger partial charge in [0.25, 0.3) is 0 Å². The summed E-state index contributed by atoms with van der Waals surface area (Å²) in [6.07, 6.45) is 0. The minimum atomic E-state index is -1.08. The SMILES string of the molecule is Cn1c(C(=O)O)nc2ccc(OCc3ccccc3)nc21. The van der Waals surface area contributed by atoms with Crippen LogP contribution in [0.1, 0.15) is 16.2 Å². The molecule has 6 nitrogen and oxygen atoms in total. The van der Waals surface area contributed by atoms with Crippen molar-refractivity contribution in [3.8, 4) is 5.88 Å². The summed E-state index contributed by atoms with van der Waals surface area (Å²) in [4.78, 5) is 19.4. The molecule has 106 valence electrons. The Morgan fingerprint density at radius 3 is 2.67 bits per heavy atom. The van der Waals surface area contributed by atoms with Crippen LogP contribution < -0.4 is 4.74 Å². The third kappa shape index (κ3) is 2.55. The minimum absolute atomic E-state index is 0.0438. The molecule has 0 amide bonds. The predicted molar refractivity (Wildman–Crippen MR) is 76.2 cm³/mol. The van der Waals surface area contributed by atoms with Gasteiger partial charge in [-0.2, -0.15) is 4.98 Å². The lowest BCUT2D eigenvalue weighted by Crippen LogP contribution is -2.06. The number of aryl methyl sites for hydroxylation is 1. The first kappa shape index (κ1) is 13.1. The van der Waals surface area contributed by atoms with Gasteiger partial charge >= 0.3 is 5.97 Å². The summed E-state index contributed by atoms with van der Waals surface area (Å²) >= 11 is 0. The minimum Gasteiger partial charge on any atom is -0.475 e. The van der Waals surface area contributed by atoms with E-state index in [1.807, 2.05) is 30.3 Å². The highest BCUT2D eigenvalue weighted by molar-refractivity contribution is 5.88. The van der Waals surface area contributed by atoms with Crippen LogP contribution in [0.25, 0.3) is 11.2 Å². The van der Waals surface area contributed by atoms with Crippen LogP contribution in [0.4, 0.5) is 0 Å². The molecule has 0 atom stereocenters. The van der Waals surface area contributed by atoms with E-state index < -0.39 is 5.97 Å². The van der Waals surface area contributed by atoms with Crippen LogP contribution in [-0.4, -0.2) is 25.6 Å². The lowest BCUT2D eigenvalue weighted by Gasteiger charge is -2.05. The number of aromatic nitrogens is 3. The van der Waals surface area contributed by atoms with E-state index in [2.05, 4.69) is 9.97 Å². The first-order chi connectivity index (χ1) is 10.1. The molecule has 0 fully saturated rings. The fourth-order valence-electron chi connectivity index (χ4n) is 2.05. The second-order valence-electron chi connectivity index (χ2n) is 4.57. The van der Waals surface area contributed by atoms with Gasteiger partial charge in [0.2, 0.25) is 11.7 Å². The second-order valence-corrected chi connectivity index (χ2v) is 4.57. The molecule has 0 bridgehead atoms. The van der Waals surface area contributed by atoms with Gasteiger partial charge < -0.3 is 14.4 Å². The number of fused-ring (bicyclic) bond motifs is 1. The number of hydrogen-bond acceptors (Lipinski definition) is 4. The Balaban J connectivity index is 1.87. The van der Waals surface area contributed by atoms with Crippen LogP contribution in [-0.2, 0) is 13.7 Å². The first-order valence-electron chi connectivity index (χ1n) is 6.38. The molecule has 3 aromatic rings. The number of rotatable bonds is 4. The van der Waals surface area contributed by atoms with E-state index in [1.54, 1.807) is 19.2 Å². The predicted octanol–water partition coefficient (Wildman–Crippen LogP) is 2.25. The highest BCUT2D eigenvalue weighted by atomic mass is 16.5. The molecule has 0 aliphatic rings. The molecule has 1 N–H and O–H groups in total. The van der Waals surface area contributed by atoms with Crippen molar-refractivity contribution in [3.63, 3.8) is 0 Å². The van der Waals surface area contributed by atoms with Gasteiger partial charge in [0.15, 0.2) is 5.65 Å². The molecule has 21 heavy (non-hydrogen) atoms. The van der Waals surface area contributed by atoms with Gasteiger partial charge in [-0.25, -0.2) is 9.78 Å². The Hall–Kier alpha value is -2.89. The van der Waals surface area contributed by atoms with E-state index in [-0.39, 0.29) is 5.82 Å². The number of benzene rings is 1. The molecule has 6 heteroatoms. The first-order valence-corrected chi connectivity index (χ1v) is 6.38. The molecule has 0 aliphatic heterocycles. The molecule has 1 aromatic carbocycles. The van der Waals surface area contributed by atoms with Crippen molar-refractivity contribution in [1.29, 1.82) is 0 Å². The van der Waals surface area contributed by atoms with E-state index in [0.717, 1.165) is 5.56 Å². The van der Waals surface area contributed by atoms with Crippen molar-refractivity contribution >= 4 is 17.1 Å². The lowest BCUT2D eigenvalue weighted by atomic mass is 10.2. The maximum atomic E-state index is 11.0. The third-order valence-electron chi connectivity index (χ3n) is 3.11. The standard InChI is InChI=1S/C15H13N3O3/c1-18-13-11(16-14(18)15(19)20)7-8-12(17-13)21-9-10-5-3-2-4-6-10/h2-8H,9H2,1H3,(H,19,20). The zero-order chi connectivity index (χ0) is 14.8. The Labute approximate surface area is 120 Å². The van der Waals surface area contributed by atoms with Gasteiger partial charge in [-0.15, -0.1) is 0 Å². The molecular formula is C15H13N3O3. The number of hydrogen-bond donors (Lipinski definition) is 1. The molecule has 0 radical (unpaired) electrons. The van der Waals surface area contributed by atoms with Crippen LogP contribution in [0.2, 0.25) is 0 Å². The van der Waals surface area contributed by atoms with Gasteiger partial charge in [0.05, 0.1) is 0 Å². The maximum Gasteiger partial charge on any atom is 0.372 e. The average Bonchev–Trinajstić information content (AvgIpc) is 2.83. The van der Waals surface area contributed by atoms with Crippen LogP contribution in [0.15, 0.2) is 42.5 Å². The summed E-state index contributed by atoms with van der Waals surface area (Å²) in [5, 5.41) is 9.05. The van der Waals surface area contributed by atoms with Crippen LogP contribution >= 0.6 is 0 Å². The molecule has 3 rings (SSSR count). The van der Waals surface area contributed by atoms with E-state index in [9.17, 15) is 4.79 Å². The van der Waals surface area contributed by atoms with Crippen LogP contribution in [0, 0.1) is 0 Å². The molecule has 0 aliphatic carbocycles. The van der Waals surface area contributed by atoms with Crippen molar-refractivity contribution in [2.75, 3.05) is 0 Å². The van der Waals surface area contributed by atoms with Gasteiger partial charge in [0.1, 0.15) is 12.1 Å². The summed E-state index contributed by atoms with van der Waals surface area (Å²) in [7, 11) is 1.62. The Kier molecular flexibility index (Phi) is 3.27. The number of carboxylic acid groups (broad SMARTS) is 1. The number of nitrogens with zero attached hydrogens (tertiary/aromatic N) is 3. The summed E-state index contributed by atoms with van der Waals surface area (Å²) in [5.74, 6) is -0.689.